The van der Waals surface area contributed by atoms with Crippen LogP contribution in [0.25, 0.3) is 0 Å². The Morgan fingerprint density at radius 1 is 1.38 bits per heavy atom. The van der Waals surface area contributed by atoms with E-state index in [9.17, 15) is 22.9 Å². The first-order chi connectivity index (χ1) is 9.72. The molecule has 7 nitrogen and oxygen atoms in total. The summed E-state index contributed by atoms with van der Waals surface area (Å²) in [6.45, 7) is 2.62. The van der Waals surface area contributed by atoms with Gasteiger partial charge in [-0.2, -0.15) is 4.39 Å². The SMILES string of the molecule is Cc1cc(F)c([N+](=O)[O-])c(C)c1S(=O)(=O)NCCCCO. The minimum absolute atomic E-state index is 0.0538. The van der Waals surface area contributed by atoms with Gasteiger partial charge in [0.2, 0.25) is 15.8 Å². The lowest BCUT2D eigenvalue weighted by molar-refractivity contribution is -0.388. The average molecular weight is 320 g/mol. The van der Waals surface area contributed by atoms with Crippen molar-refractivity contribution in [2.75, 3.05) is 13.2 Å². The Labute approximate surface area is 122 Å². The van der Waals surface area contributed by atoms with Crippen LogP contribution in [0.15, 0.2) is 11.0 Å². The first kappa shape index (κ1) is 17.5. The van der Waals surface area contributed by atoms with Crippen LogP contribution in [0.3, 0.4) is 0 Å². The van der Waals surface area contributed by atoms with Crippen molar-refractivity contribution in [2.45, 2.75) is 31.6 Å². The molecule has 0 unspecified atom stereocenters. The standard InChI is InChI=1S/C12H17FN2O5S/c1-8-7-10(13)11(15(17)18)9(2)12(8)21(19,20)14-5-3-4-6-16/h7,14,16H,3-6H2,1-2H3. The summed E-state index contributed by atoms with van der Waals surface area (Å²) in [6.07, 6.45) is 0.862. The van der Waals surface area contributed by atoms with Crippen LogP contribution in [0, 0.1) is 29.8 Å². The van der Waals surface area contributed by atoms with Crippen molar-refractivity contribution in [3.63, 3.8) is 0 Å². The summed E-state index contributed by atoms with van der Waals surface area (Å²) < 4.78 is 40.3. The molecule has 1 aromatic carbocycles. The van der Waals surface area contributed by atoms with E-state index >= 15 is 0 Å². The van der Waals surface area contributed by atoms with Crippen LogP contribution >= 0.6 is 0 Å². The van der Waals surface area contributed by atoms with E-state index in [0.717, 1.165) is 6.07 Å². The number of nitrogens with zero attached hydrogens (tertiary/aromatic N) is 1. The number of aliphatic hydroxyl groups excluding tert-OH is 1. The molecule has 118 valence electrons. The van der Waals surface area contributed by atoms with Crippen LogP contribution in [0.1, 0.15) is 24.0 Å². The first-order valence-corrected chi connectivity index (χ1v) is 7.75. The van der Waals surface area contributed by atoms with Crippen LogP contribution < -0.4 is 4.72 Å². The maximum Gasteiger partial charge on any atom is 0.309 e. The lowest BCUT2D eigenvalue weighted by Crippen LogP contribution is -2.26. The average Bonchev–Trinajstić information content (AvgIpc) is 2.32. The number of hydrogen-bond donors (Lipinski definition) is 2. The van der Waals surface area contributed by atoms with Crippen molar-refractivity contribution in [1.82, 2.24) is 4.72 Å². The zero-order valence-corrected chi connectivity index (χ0v) is 12.5. The zero-order chi connectivity index (χ0) is 16.2. The second-order valence-electron chi connectivity index (χ2n) is 4.56. The van der Waals surface area contributed by atoms with Crippen molar-refractivity contribution in [1.29, 1.82) is 0 Å². The Bertz CT molecular complexity index is 646. The lowest BCUT2D eigenvalue weighted by Gasteiger charge is -2.12. The molecule has 1 rings (SSSR count). The molecule has 21 heavy (non-hydrogen) atoms. The Kier molecular flexibility index (Phi) is 5.76. The van der Waals surface area contributed by atoms with Gasteiger partial charge in [0, 0.05) is 13.2 Å². The molecule has 9 heteroatoms. The number of nitro benzene ring substituents is 1. The molecule has 0 saturated carbocycles. The quantitative estimate of drug-likeness (QED) is 0.448. The maximum absolute atomic E-state index is 13.6. The minimum Gasteiger partial charge on any atom is -0.396 e. The Hall–Kier alpha value is -1.58. The number of nitro groups is 1. The summed E-state index contributed by atoms with van der Waals surface area (Å²) in [7, 11) is -3.98. The van der Waals surface area contributed by atoms with Gasteiger partial charge in [-0.05, 0) is 38.3 Å². The third kappa shape index (κ3) is 3.96. The van der Waals surface area contributed by atoms with Gasteiger partial charge in [0.05, 0.1) is 15.4 Å². The number of nitrogens with one attached hydrogen (secondary N) is 1. The molecule has 0 aliphatic heterocycles. The molecular formula is C12H17FN2O5S. The van der Waals surface area contributed by atoms with Gasteiger partial charge < -0.3 is 5.11 Å². The van der Waals surface area contributed by atoms with Gasteiger partial charge in [-0.1, -0.05) is 0 Å². The molecule has 0 aromatic heterocycles. The highest BCUT2D eigenvalue weighted by Crippen LogP contribution is 2.30. The van der Waals surface area contributed by atoms with Gasteiger partial charge in [-0.25, -0.2) is 13.1 Å². The fourth-order valence-corrected chi connectivity index (χ4v) is 3.60. The molecule has 0 atom stereocenters. The number of benzene rings is 1. The molecule has 0 fully saturated rings. The fraction of sp³-hybridized carbons (Fsp3) is 0.500. The summed E-state index contributed by atoms with van der Waals surface area (Å²) in [6, 6.07) is 0.841. The van der Waals surface area contributed by atoms with E-state index in [-0.39, 0.29) is 29.2 Å². The van der Waals surface area contributed by atoms with E-state index in [2.05, 4.69) is 4.72 Å². The predicted molar refractivity (Wildman–Crippen MR) is 74.0 cm³/mol. The van der Waals surface area contributed by atoms with Gasteiger partial charge in [-0.3, -0.25) is 10.1 Å². The molecule has 0 bridgehead atoms. The van der Waals surface area contributed by atoms with E-state index in [1.54, 1.807) is 0 Å². The molecule has 0 aliphatic carbocycles. The van der Waals surface area contributed by atoms with Crippen LogP contribution in [-0.2, 0) is 10.0 Å². The molecular weight excluding hydrogens is 303 g/mol. The van der Waals surface area contributed by atoms with Gasteiger partial charge in [-0.15, -0.1) is 0 Å². The summed E-state index contributed by atoms with van der Waals surface area (Å²) in [5, 5.41) is 19.5. The minimum atomic E-state index is -3.98. The number of sulfonamides is 1. The summed E-state index contributed by atoms with van der Waals surface area (Å²) in [5.41, 5.74) is -0.964. The highest BCUT2D eigenvalue weighted by molar-refractivity contribution is 7.89. The maximum atomic E-state index is 13.6. The van der Waals surface area contributed by atoms with Crippen molar-refractivity contribution in [2.24, 2.45) is 0 Å². The first-order valence-electron chi connectivity index (χ1n) is 6.27. The molecule has 0 heterocycles. The van der Waals surface area contributed by atoms with Gasteiger partial charge in [0.25, 0.3) is 0 Å². The largest absolute Gasteiger partial charge is 0.396 e. The number of unbranched alkanes of at least 4 members (excludes halogenated alkanes) is 1. The second kappa shape index (κ2) is 6.92. The van der Waals surface area contributed by atoms with Crippen LogP contribution in [0.2, 0.25) is 0 Å². The molecule has 0 saturated heterocycles. The molecule has 0 radical (unpaired) electrons. The predicted octanol–water partition coefficient (Wildman–Crippen LogP) is 1.40. The topological polar surface area (TPSA) is 110 Å². The summed E-state index contributed by atoms with van der Waals surface area (Å²) in [5.74, 6) is -1.06. The van der Waals surface area contributed by atoms with Gasteiger partial charge >= 0.3 is 5.69 Å². The molecule has 2 N–H and O–H groups in total. The summed E-state index contributed by atoms with van der Waals surface area (Å²) >= 11 is 0. The van der Waals surface area contributed by atoms with Gasteiger partial charge in [0.15, 0.2) is 0 Å². The van der Waals surface area contributed by atoms with Crippen molar-refractivity contribution < 1.29 is 22.8 Å². The van der Waals surface area contributed by atoms with E-state index < -0.39 is 26.5 Å². The van der Waals surface area contributed by atoms with Crippen LogP contribution in [0.4, 0.5) is 10.1 Å². The van der Waals surface area contributed by atoms with Crippen LogP contribution in [0.5, 0.6) is 0 Å². The van der Waals surface area contributed by atoms with Crippen molar-refractivity contribution >= 4 is 15.7 Å². The Morgan fingerprint density at radius 3 is 2.52 bits per heavy atom. The molecule has 0 amide bonds. The Morgan fingerprint density at radius 2 is 2.00 bits per heavy atom. The summed E-state index contributed by atoms with van der Waals surface area (Å²) in [4.78, 5) is 9.64. The lowest BCUT2D eigenvalue weighted by atomic mass is 10.1. The normalized spacial score (nSPS) is 11.6. The van der Waals surface area contributed by atoms with Crippen molar-refractivity contribution in [3.8, 4) is 0 Å². The number of rotatable bonds is 7. The number of aliphatic hydroxyl groups is 1. The van der Waals surface area contributed by atoms with E-state index in [4.69, 9.17) is 5.11 Å². The number of hydrogen-bond acceptors (Lipinski definition) is 5. The van der Waals surface area contributed by atoms with E-state index in [0.29, 0.717) is 12.8 Å². The fourth-order valence-electron chi connectivity index (χ4n) is 2.06. The van der Waals surface area contributed by atoms with E-state index in [1.165, 1.54) is 13.8 Å². The zero-order valence-electron chi connectivity index (χ0n) is 11.7. The third-order valence-corrected chi connectivity index (χ3v) is 4.70. The van der Waals surface area contributed by atoms with Gasteiger partial charge in [0.1, 0.15) is 0 Å². The molecule has 1 aromatic rings. The second-order valence-corrected chi connectivity index (χ2v) is 6.27. The number of aryl methyl sites for hydroxylation is 1. The Balaban J connectivity index is 3.23. The van der Waals surface area contributed by atoms with E-state index in [1.807, 2.05) is 0 Å². The van der Waals surface area contributed by atoms with Crippen LogP contribution in [-0.4, -0.2) is 31.6 Å². The molecule has 0 spiro atoms. The highest BCUT2D eigenvalue weighted by Gasteiger charge is 2.28. The molecule has 0 aliphatic rings. The third-order valence-electron chi connectivity index (χ3n) is 2.95. The smallest absolute Gasteiger partial charge is 0.309 e. The monoisotopic (exact) mass is 320 g/mol. The highest BCUT2D eigenvalue weighted by atomic mass is 32.2. The number of halogens is 1. The van der Waals surface area contributed by atoms with Crippen molar-refractivity contribution in [3.05, 3.63) is 33.1 Å².